The van der Waals surface area contributed by atoms with E-state index in [2.05, 4.69) is 25.4 Å². The Balaban J connectivity index is 1.94. The van der Waals surface area contributed by atoms with E-state index < -0.39 is 13.8 Å². The van der Waals surface area contributed by atoms with Crippen LogP contribution in [0.25, 0.3) is 0 Å². The summed E-state index contributed by atoms with van der Waals surface area (Å²) < 4.78 is 40.9. The third kappa shape index (κ3) is 5.70. The van der Waals surface area contributed by atoms with Crippen LogP contribution in [0.2, 0.25) is 5.15 Å². The van der Waals surface area contributed by atoms with Crippen LogP contribution in [0.4, 0.5) is 8.78 Å². The molecule has 1 heterocycles. The summed E-state index contributed by atoms with van der Waals surface area (Å²) in [6.45, 7) is 0. The molecule has 0 spiro atoms. The number of benzene rings is 1. The maximum Gasteiger partial charge on any atom is 0.442 e. The van der Waals surface area contributed by atoms with Gasteiger partial charge in [0.1, 0.15) is 10.9 Å². The predicted octanol–water partition coefficient (Wildman–Crippen LogP) is 5.72. The van der Waals surface area contributed by atoms with Gasteiger partial charge in [-0.15, -0.1) is 0 Å². The molecule has 0 aliphatic rings. The molecule has 0 aliphatic heterocycles. The number of hydrogen-bond acceptors (Lipinski definition) is 4. The number of aromatic nitrogens is 1. The number of pyridine rings is 1. The van der Waals surface area contributed by atoms with Gasteiger partial charge in [-0.05, 0) is 45.3 Å². The molecule has 0 saturated heterocycles. The molecule has 10 heteroatoms. The minimum absolute atomic E-state index is 0.100. The lowest BCUT2D eigenvalue weighted by atomic mass is 10.2. The van der Waals surface area contributed by atoms with E-state index >= 15 is 0 Å². The highest BCUT2D eigenvalue weighted by atomic mass is 79.9. The molecule has 0 radical (unpaired) electrons. The molecule has 1 aromatic heterocycles. The summed E-state index contributed by atoms with van der Waals surface area (Å²) in [6.07, 6.45) is -1.75. The quantitative estimate of drug-likeness (QED) is 0.425. The summed E-state index contributed by atoms with van der Waals surface area (Å²) >= 11 is 10.5. The molecular weight excluding hydrogens is 447 g/mol. The van der Waals surface area contributed by atoms with Gasteiger partial charge in [-0.1, -0.05) is 23.7 Å². The van der Waals surface area contributed by atoms with Crippen LogP contribution in [0.15, 0.2) is 41.0 Å². The molecule has 130 valence electrons. The maximum absolute atomic E-state index is 12.4. The first-order chi connectivity index (χ1) is 11.3. The average Bonchev–Trinajstić information content (AvgIpc) is 2.51. The van der Waals surface area contributed by atoms with Gasteiger partial charge < -0.3 is 9.42 Å². The molecule has 1 aromatic carbocycles. The Morgan fingerprint density at radius 1 is 1.29 bits per heavy atom. The zero-order valence-electron chi connectivity index (χ0n) is 12.0. The molecule has 0 aliphatic carbocycles. The van der Waals surface area contributed by atoms with Gasteiger partial charge in [0.2, 0.25) is 0 Å². The first kappa shape index (κ1) is 19.7. The second-order valence-electron chi connectivity index (χ2n) is 4.68. The van der Waals surface area contributed by atoms with Gasteiger partial charge in [0.15, 0.2) is 0 Å². The van der Waals surface area contributed by atoms with Gasteiger partial charge in [0.25, 0.3) is 0 Å². The van der Waals surface area contributed by atoms with Crippen LogP contribution in [-0.4, -0.2) is 16.0 Å². The van der Waals surface area contributed by atoms with Crippen LogP contribution in [0.3, 0.4) is 0 Å². The number of hydrogen-bond donors (Lipinski definition) is 1. The third-order valence-corrected chi connectivity index (χ3v) is 5.67. The van der Waals surface area contributed by atoms with Gasteiger partial charge in [-0.25, -0.2) is 9.55 Å². The standard InChI is InChI=1S/C14H12BrClF2NO3PS/c15-11-5-9(1-3-12(11)22-23(20,21)14(17)18)7-24-8-10-2-4-13(16)19-6-10/h1-6,14H,7-8H2,(H,20,21). The number of nitrogens with zero attached hydrogens (tertiary/aromatic N) is 1. The maximum atomic E-state index is 12.4. The SMILES string of the molecule is O=P(O)(Oc1ccc(CSCc2ccc(Cl)nc2)cc1Br)C(F)F. The van der Waals surface area contributed by atoms with E-state index in [1.165, 1.54) is 6.07 Å². The van der Waals surface area contributed by atoms with Gasteiger partial charge in [-0.3, -0.25) is 0 Å². The minimum Gasteiger partial charge on any atom is -0.420 e. The topological polar surface area (TPSA) is 59.4 Å². The molecule has 1 unspecified atom stereocenters. The second kappa shape index (κ2) is 8.63. The van der Waals surface area contributed by atoms with E-state index in [4.69, 9.17) is 16.5 Å². The van der Waals surface area contributed by atoms with Crippen molar-refractivity contribution >= 4 is 46.9 Å². The molecule has 0 saturated carbocycles. The number of alkyl halides is 2. The summed E-state index contributed by atoms with van der Waals surface area (Å²) in [5.41, 5.74) is 1.94. The Morgan fingerprint density at radius 2 is 1.96 bits per heavy atom. The molecule has 0 bridgehead atoms. The van der Waals surface area contributed by atoms with Crippen molar-refractivity contribution in [1.29, 1.82) is 0 Å². The lowest BCUT2D eigenvalue weighted by Gasteiger charge is -2.14. The Kier molecular flexibility index (Phi) is 7.07. The molecule has 24 heavy (non-hydrogen) atoms. The van der Waals surface area contributed by atoms with Crippen molar-refractivity contribution < 1.29 is 22.8 Å². The van der Waals surface area contributed by atoms with E-state index in [0.29, 0.717) is 15.4 Å². The van der Waals surface area contributed by atoms with Crippen LogP contribution in [0.1, 0.15) is 11.1 Å². The van der Waals surface area contributed by atoms with Crippen LogP contribution < -0.4 is 4.52 Å². The van der Waals surface area contributed by atoms with Crippen molar-refractivity contribution in [3.05, 3.63) is 57.3 Å². The van der Waals surface area contributed by atoms with Crippen molar-refractivity contribution in [2.45, 2.75) is 17.7 Å². The van der Waals surface area contributed by atoms with Crippen LogP contribution in [0.5, 0.6) is 5.75 Å². The van der Waals surface area contributed by atoms with Crippen molar-refractivity contribution in [1.82, 2.24) is 4.98 Å². The van der Waals surface area contributed by atoms with E-state index in [0.717, 1.165) is 16.9 Å². The van der Waals surface area contributed by atoms with Crippen molar-refractivity contribution in [3.8, 4) is 5.75 Å². The van der Waals surface area contributed by atoms with Gasteiger partial charge in [-0.2, -0.15) is 20.5 Å². The number of rotatable bonds is 7. The van der Waals surface area contributed by atoms with Crippen molar-refractivity contribution in [2.24, 2.45) is 0 Å². The van der Waals surface area contributed by atoms with Gasteiger partial charge in [0, 0.05) is 17.7 Å². The minimum atomic E-state index is -4.98. The lowest BCUT2D eigenvalue weighted by molar-refractivity contribution is 0.188. The fourth-order valence-corrected chi connectivity index (χ4v) is 3.86. The molecule has 4 nitrogen and oxygen atoms in total. The average molecular weight is 459 g/mol. The van der Waals surface area contributed by atoms with E-state index in [9.17, 15) is 13.3 Å². The monoisotopic (exact) mass is 457 g/mol. The molecule has 1 N–H and O–H groups in total. The Morgan fingerprint density at radius 3 is 2.54 bits per heavy atom. The summed E-state index contributed by atoms with van der Waals surface area (Å²) in [7, 11) is -4.98. The lowest BCUT2D eigenvalue weighted by Crippen LogP contribution is -2.01. The van der Waals surface area contributed by atoms with Crippen LogP contribution in [-0.2, 0) is 16.1 Å². The van der Waals surface area contributed by atoms with E-state index in [-0.39, 0.29) is 5.75 Å². The third-order valence-electron chi connectivity index (χ3n) is 2.80. The van der Waals surface area contributed by atoms with Gasteiger partial charge in [0.05, 0.1) is 4.47 Å². The van der Waals surface area contributed by atoms with Gasteiger partial charge >= 0.3 is 13.8 Å². The second-order valence-corrected chi connectivity index (χ2v) is 8.61. The molecule has 0 amide bonds. The summed E-state index contributed by atoms with van der Waals surface area (Å²) in [6, 6.07) is 8.30. The number of thioether (sulfide) groups is 1. The molecule has 2 aromatic rings. The highest BCUT2D eigenvalue weighted by Crippen LogP contribution is 2.50. The zero-order chi connectivity index (χ0) is 17.7. The first-order valence-corrected chi connectivity index (χ1v) is 10.5. The Bertz CT molecular complexity index is 751. The largest absolute Gasteiger partial charge is 0.442 e. The Labute approximate surface area is 155 Å². The molecule has 1 atom stereocenters. The zero-order valence-corrected chi connectivity index (χ0v) is 16.1. The summed E-state index contributed by atoms with van der Waals surface area (Å²) in [5, 5.41) is 0.438. The molecular formula is C14H12BrClF2NO3PS. The van der Waals surface area contributed by atoms with E-state index in [1.54, 1.807) is 36.2 Å². The van der Waals surface area contributed by atoms with Crippen LogP contribution in [0, 0.1) is 0 Å². The number of halogens is 4. The highest BCUT2D eigenvalue weighted by Gasteiger charge is 2.34. The van der Waals surface area contributed by atoms with E-state index in [1.807, 2.05) is 6.07 Å². The molecule has 0 fully saturated rings. The Hall–Kier alpha value is -0.660. The smallest absolute Gasteiger partial charge is 0.420 e. The molecule has 2 rings (SSSR count). The summed E-state index contributed by atoms with van der Waals surface area (Å²) in [5.74, 6) is 1.29. The predicted molar refractivity (Wildman–Crippen MR) is 94.8 cm³/mol. The fraction of sp³-hybridized carbons (Fsp3) is 0.214. The highest BCUT2D eigenvalue weighted by molar-refractivity contribution is 9.10. The first-order valence-electron chi connectivity index (χ1n) is 6.55. The van der Waals surface area contributed by atoms with Crippen molar-refractivity contribution in [2.75, 3.05) is 0 Å². The fourth-order valence-electron chi connectivity index (χ4n) is 1.67. The van der Waals surface area contributed by atoms with Crippen molar-refractivity contribution in [3.63, 3.8) is 0 Å². The summed E-state index contributed by atoms with van der Waals surface area (Å²) in [4.78, 5) is 13.1. The normalized spacial score (nSPS) is 13.8. The van der Waals surface area contributed by atoms with Crippen LogP contribution >= 0.6 is 46.9 Å².